The van der Waals surface area contributed by atoms with Crippen LogP contribution in [-0.4, -0.2) is 29.4 Å². The van der Waals surface area contributed by atoms with Crippen molar-refractivity contribution >= 4 is 15.9 Å². The number of hydrogen-bond acceptors (Lipinski definition) is 1. The van der Waals surface area contributed by atoms with Crippen LogP contribution in [-0.2, 0) is 5.92 Å². The van der Waals surface area contributed by atoms with Gasteiger partial charge in [-0.15, -0.1) is 0 Å². The van der Waals surface area contributed by atoms with E-state index in [1.165, 1.54) is 12.1 Å². The van der Waals surface area contributed by atoms with Gasteiger partial charge in [0, 0.05) is 16.9 Å². The van der Waals surface area contributed by atoms with Crippen LogP contribution in [0.4, 0.5) is 8.78 Å². The summed E-state index contributed by atoms with van der Waals surface area (Å²) in [4.78, 5) is 1.91. The highest BCUT2D eigenvalue weighted by Gasteiger charge is 2.39. The van der Waals surface area contributed by atoms with Crippen LogP contribution in [0.15, 0.2) is 30.3 Å². The fourth-order valence-electron chi connectivity index (χ4n) is 2.56. The first kappa shape index (κ1) is 13.9. The van der Waals surface area contributed by atoms with Gasteiger partial charge in [0.25, 0.3) is 5.92 Å². The molecule has 4 heteroatoms. The fraction of sp³-hybridized carbons (Fsp3) is 0.571. The van der Waals surface area contributed by atoms with Gasteiger partial charge in [0.15, 0.2) is 0 Å². The number of rotatable bonds is 4. The molecule has 100 valence electrons. The lowest BCUT2D eigenvalue weighted by Crippen LogP contribution is -2.40. The number of halogens is 3. The molecule has 1 aromatic rings. The van der Waals surface area contributed by atoms with Crippen LogP contribution >= 0.6 is 15.9 Å². The van der Waals surface area contributed by atoms with Crippen molar-refractivity contribution in [3.63, 3.8) is 0 Å². The largest absolute Gasteiger partial charge is 0.293 e. The normalized spacial score (nSPS) is 25.6. The van der Waals surface area contributed by atoms with E-state index < -0.39 is 5.92 Å². The minimum Gasteiger partial charge on any atom is -0.293 e. The zero-order chi connectivity index (χ0) is 13.2. The van der Waals surface area contributed by atoms with Crippen LogP contribution in [0.3, 0.4) is 0 Å². The van der Waals surface area contributed by atoms with E-state index in [1.807, 2.05) is 4.90 Å². The molecular weight excluding hydrogens is 300 g/mol. The van der Waals surface area contributed by atoms with Crippen LogP contribution in [0.5, 0.6) is 0 Å². The van der Waals surface area contributed by atoms with E-state index in [-0.39, 0.29) is 18.2 Å². The van der Waals surface area contributed by atoms with Crippen LogP contribution in [0.1, 0.15) is 18.9 Å². The first-order chi connectivity index (χ1) is 8.54. The molecule has 1 nitrogen and oxygen atoms in total. The Morgan fingerprint density at radius 2 is 2.00 bits per heavy atom. The summed E-state index contributed by atoms with van der Waals surface area (Å²) in [6, 6.07) is 8.32. The van der Waals surface area contributed by atoms with E-state index in [0.29, 0.717) is 5.92 Å². The summed E-state index contributed by atoms with van der Waals surface area (Å²) in [7, 11) is 0. The standard InChI is InChI=1S/C14H18BrF2N/c1-11-7-8-18(13(11)9-15)10-14(16,17)12-5-3-2-4-6-12/h2-6,11,13H,7-10H2,1H3. The molecule has 0 amide bonds. The lowest BCUT2D eigenvalue weighted by Gasteiger charge is -2.29. The van der Waals surface area contributed by atoms with Crippen molar-refractivity contribution in [2.45, 2.75) is 25.3 Å². The Balaban J connectivity index is 2.09. The fourth-order valence-corrected chi connectivity index (χ4v) is 3.61. The molecule has 0 N–H and O–H groups in total. The van der Waals surface area contributed by atoms with Gasteiger partial charge in [0.05, 0.1) is 6.54 Å². The van der Waals surface area contributed by atoms with Crippen LogP contribution in [0.25, 0.3) is 0 Å². The Kier molecular flexibility index (Phi) is 4.38. The molecule has 0 radical (unpaired) electrons. The van der Waals surface area contributed by atoms with Crippen molar-refractivity contribution in [3.05, 3.63) is 35.9 Å². The molecule has 1 heterocycles. The summed E-state index contributed by atoms with van der Waals surface area (Å²) in [5.74, 6) is -2.29. The van der Waals surface area contributed by atoms with E-state index in [9.17, 15) is 8.78 Å². The molecule has 2 unspecified atom stereocenters. The summed E-state index contributed by atoms with van der Waals surface area (Å²) in [5.41, 5.74) is 0.109. The monoisotopic (exact) mass is 317 g/mol. The van der Waals surface area contributed by atoms with Gasteiger partial charge in [0.1, 0.15) is 0 Å². The van der Waals surface area contributed by atoms with Crippen molar-refractivity contribution in [3.8, 4) is 0 Å². The van der Waals surface area contributed by atoms with Gasteiger partial charge in [-0.1, -0.05) is 53.2 Å². The average Bonchev–Trinajstić information content (AvgIpc) is 2.70. The molecule has 18 heavy (non-hydrogen) atoms. The van der Waals surface area contributed by atoms with Crippen LogP contribution in [0, 0.1) is 5.92 Å². The Morgan fingerprint density at radius 3 is 2.61 bits per heavy atom. The SMILES string of the molecule is CC1CCN(CC(F)(F)c2ccccc2)C1CBr. The zero-order valence-corrected chi connectivity index (χ0v) is 12.0. The second kappa shape index (κ2) is 5.66. The zero-order valence-electron chi connectivity index (χ0n) is 10.5. The average molecular weight is 318 g/mol. The van der Waals surface area contributed by atoms with Gasteiger partial charge in [-0.05, 0) is 18.9 Å². The smallest absolute Gasteiger partial charge is 0.285 e. The molecule has 0 aromatic heterocycles. The Morgan fingerprint density at radius 1 is 1.33 bits per heavy atom. The lowest BCUT2D eigenvalue weighted by molar-refractivity contribution is -0.0404. The molecule has 1 aliphatic heterocycles. The van der Waals surface area contributed by atoms with Gasteiger partial charge in [-0.25, -0.2) is 0 Å². The van der Waals surface area contributed by atoms with E-state index >= 15 is 0 Å². The maximum Gasteiger partial charge on any atom is 0.285 e. The second-order valence-electron chi connectivity index (χ2n) is 5.03. The predicted molar refractivity (Wildman–Crippen MR) is 73.3 cm³/mol. The molecule has 0 aliphatic carbocycles. The van der Waals surface area contributed by atoms with Crippen molar-refractivity contribution in [2.75, 3.05) is 18.4 Å². The third-order valence-electron chi connectivity index (χ3n) is 3.75. The highest BCUT2D eigenvalue weighted by Crippen LogP contribution is 2.33. The quantitative estimate of drug-likeness (QED) is 0.762. The molecule has 0 spiro atoms. The molecule has 1 fully saturated rings. The minimum absolute atomic E-state index is 0.109. The topological polar surface area (TPSA) is 3.24 Å². The third-order valence-corrected chi connectivity index (χ3v) is 4.42. The lowest BCUT2D eigenvalue weighted by atomic mass is 10.0. The minimum atomic E-state index is -2.77. The van der Waals surface area contributed by atoms with Crippen molar-refractivity contribution < 1.29 is 8.78 Å². The second-order valence-corrected chi connectivity index (χ2v) is 5.68. The highest BCUT2D eigenvalue weighted by molar-refractivity contribution is 9.09. The van der Waals surface area contributed by atoms with Gasteiger partial charge >= 0.3 is 0 Å². The van der Waals surface area contributed by atoms with Gasteiger partial charge in [0.2, 0.25) is 0 Å². The molecule has 1 saturated heterocycles. The van der Waals surface area contributed by atoms with E-state index in [2.05, 4.69) is 22.9 Å². The van der Waals surface area contributed by atoms with Crippen LogP contribution < -0.4 is 0 Å². The molecular formula is C14H18BrF2N. The van der Waals surface area contributed by atoms with Gasteiger partial charge in [-0.3, -0.25) is 4.90 Å². The van der Waals surface area contributed by atoms with Crippen molar-refractivity contribution in [1.29, 1.82) is 0 Å². The maximum atomic E-state index is 14.2. The molecule has 0 bridgehead atoms. The molecule has 1 aromatic carbocycles. The van der Waals surface area contributed by atoms with Crippen LogP contribution in [0.2, 0.25) is 0 Å². The number of likely N-dealkylation sites (tertiary alicyclic amines) is 1. The highest BCUT2D eigenvalue weighted by atomic mass is 79.9. The van der Waals surface area contributed by atoms with Crippen molar-refractivity contribution in [2.24, 2.45) is 5.92 Å². The summed E-state index contributed by atoms with van der Waals surface area (Å²) in [6.45, 7) is 2.71. The van der Waals surface area contributed by atoms with Gasteiger partial charge in [-0.2, -0.15) is 8.78 Å². The van der Waals surface area contributed by atoms with E-state index in [1.54, 1.807) is 18.2 Å². The predicted octanol–water partition coefficient (Wildman–Crippen LogP) is 3.88. The van der Waals surface area contributed by atoms with E-state index in [0.717, 1.165) is 18.3 Å². The third kappa shape index (κ3) is 2.91. The Hall–Kier alpha value is -0.480. The summed E-state index contributed by atoms with van der Waals surface area (Å²) < 4.78 is 28.4. The van der Waals surface area contributed by atoms with Crippen molar-refractivity contribution in [1.82, 2.24) is 4.90 Å². The Bertz CT molecular complexity index is 383. The first-order valence-electron chi connectivity index (χ1n) is 6.28. The molecule has 2 rings (SSSR count). The van der Waals surface area contributed by atoms with E-state index in [4.69, 9.17) is 0 Å². The maximum absolute atomic E-state index is 14.2. The summed E-state index contributed by atoms with van der Waals surface area (Å²) in [5, 5.41) is 0.763. The Labute approximate surface area is 115 Å². The first-order valence-corrected chi connectivity index (χ1v) is 7.40. The van der Waals surface area contributed by atoms with Gasteiger partial charge < -0.3 is 0 Å². The number of alkyl halides is 3. The summed E-state index contributed by atoms with van der Waals surface area (Å²) in [6.07, 6.45) is 1.00. The summed E-state index contributed by atoms with van der Waals surface area (Å²) >= 11 is 3.43. The molecule has 2 atom stereocenters. The number of benzene rings is 1. The number of nitrogens with zero attached hydrogens (tertiary/aromatic N) is 1. The number of hydrogen-bond donors (Lipinski definition) is 0. The molecule has 0 saturated carbocycles. The molecule has 1 aliphatic rings.